The smallest absolute Gasteiger partial charge is 0.254 e. The molecule has 0 aromatic heterocycles. The molecule has 0 bridgehead atoms. The monoisotopic (exact) mass is 362 g/mol. The number of amides is 2. The third kappa shape index (κ3) is 3.25. The number of fused-ring (bicyclic) bond motifs is 1. The minimum absolute atomic E-state index is 0.0119. The van der Waals surface area contributed by atoms with Gasteiger partial charge in [-0.15, -0.1) is 0 Å². The molecular formula is C23H26N2O2. The molecule has 2 aromatic rings. The average Bonchev–Trinajstić information content (AvgIpc) is 3.45. The molecule has 2 atom stereocenters. The molecule has 2 aromatic carbocycles. The van der Waals surface area contributed by atoms with Crippen LogP contribution in [0.25, 0.3) is 0 Å². The van der Waals surface area contributed by atoms with E-state index in [2.05, 4.69) is 11.4 Å². The molecule has 27 heavy (non-hydrogen) atoms. The molecule has 1 heterocycles. The maximum atomic E-state index is 13.4. The van der Waals surface area contributed by atoms with Crippen LogP contribution >= 0.6 is 0 Å². The highest BCUT2D eigenvalue weighted by molar-refractivity contribution is 6.01. The van der Waals surface area contributed by atoms with Crippen molar-refractivity contribution in [2.45, 2.75) is 57.7 Å². The summed E-state index contributed by atoms with van der Waals surface area (Å²) in [7, 11) is 0. The fraction of sp³-hybridized carbons (Fsp3) is 0.391. The second-order valence-electron chi connectivity index (χ2n) is 8.03. The van der Waals surface area contributed by atoms with Crippen molar-refractivity contribution in [3.8, 4) is 0 Å². The van der Waals surface area contributed by atoms with Crippen molar-refractivity contribution in [2.24, 2.45) is 0 Å². The van der Waals surface area contributed by atoms with E-state index in [4.69, 9.17) is 0 Å². The van der Waals surface area contributed by atoms with Gasteiger partial charge in [0.15, 0.2) is 0 Å². The minimum Gasteiger partial charge on any atom is -0.353 e. The Kier molecular flexibility index (Phi) is 4.50. The van der Waals surface area contributed by atoms with E-state index in [1.165, 1.54) is 0 Å². The van der Waals surface area contributed by atoms with Gasteiger partial charge in [0.2, 0.25) is 5.91 Å². The first-order valence-electron chi connectivity index (χ1n) is 9.76. The van der Waals surface area contributed by atoms with Crippen LogP contribution in [0.1, 0.15) is 65.7 Å². The number of aryl methyl sites for hydroxylation is 1. The molecule has 2 aliphatic rings. The highest BCUT2D eigenvalue weighted by Crippen LogP contribution is 2.47. The third-order valence-electron chi connectivity index (χ3n) is 5.41. The number of carbonyl (C=O) groups excluding carboxylic acids is 2. The fourth-order valence-electron chi connectivity index (χ4n) is 4.17. The molecule has 0 unspecified atom stereocenters. The Hall–Kier alpha value is -2.62. The first kappa shape index (κ1) is 17.8. The van der Waals surface area contributed by atoms with E-state index in [0.29, 0.717) is 5.56 Å². The SMILES string of the molecule is Cc1cccc([C@H]2[C@H](C(=O)NC(C)C)c3ccccc3C(=O)N2C2CC2)c1. The lowest BCUT2D eigenvalue weighted by Gasteiger charge is -2.42. The molecule has 2 amide bonds. The van der Waals surface area contributed by atoms with Crippen molar-refractivity contribution in [3.05, 3.63) is 70.8 Å². The second kappa shape index (κ2) is 6.84. The van der Waals surface area contributed by atoms with E-state index in [9.17, 15) is 9.59 Å². The molecule has 4 heteroatoms. The summed E-state index contributed by atoms with van der Waals surface area (Å²) in [6.07, 6.45) is 2.02. The van der Waals surface area contributed by atoms with Gasteiger partial charge in [0, 0.05) is 17.6 Å². The molecule has 0 radical (unpaired) electrons. The first-order chi connectivity index (χ1) is 13.0. The second-order valence-corrected chi connectivity index (χ2v) is 8.03. The van der Waals surface area contributed by atoms with E-state index in [1.807, 2.05) is 68.1 Å². The lowest BCUT2D eigenvalue weighted by molar-refractivity contribution is -0.124. The largest absolute Gasteiger partial charge is 0.353 e. The molecule has 4 nitrogen and oxygen atoms in total. The summed E-state index contributed by atoms with van der Waals surface area (Å²) < 4.78 is 0. The first-order valence-corrected chi connectivity index (χ1v) is 9.76. The summed E-state index contributed by atoms with van der Waals surface area (Å²) >= 11 is 0. The molecule has 4 rings (SSSR count). The summed E-state index contributed by atoms with van der Waals surface area (Å²) in [5.41, 5.74) is 3.67. The standard InChI is InChI=1S/C23H26N2O2/c1-14(2)24-22(26)20-18-9-4-5-10-19(18)23(27)25(17-11-12-17)21(20)16-8-6-7-15(3)13-16/h4-10,13-14,17,20-21H,11-12H2,1-3H3,(H,24,26)/t20-,21+/m1/s1. The zero-order chi connectivity index (χ0) is 19.1. The van der Waals surface area contributed by atoms with Crippen LogP contribution in [0.5, 0.6) is 0 Å². The van der Waals surface area contributed by atoms with Gasteiger partial charge in [0.05, 0.1) is 12.0 Å². The normalized spacial score (nSPS) is 21.9. The van der Waals surface area contributed by atoms with Gasteiger partial charge in [-0.1, -0.05) is 48.0 Å². The van der Waals surface area contributed by atoms with Crippen LogP contribution in [0.4, 0.5) is 0 Å². The number of rotatable bonds is 4. The number of hydrogen-bond donors (Lipinski definition) is 1. The van der Waals surface area contributed by atoms with Crippen LogP contribution in [0.2, 0.25) is 0 Å². The van der Waals surface area contributed by atoms with Crippen LogP contribution < -0.4 is 5.32 Å². The van der Waals surface area contributed by atoms with Crippen molar-refractivity contribution in [2.75, 3.05) is 0 Å². The van der Waals surface area contributed by atoms with E-state index in [1.54, 1.807) is 0 Å². The molecule has 1 aliphatic carbocycles. The van der Waals surface area contributed by atoms with Crippen molar-refractivity contribution in [3.63, 3.8) is 0 Å². The highest BCUT2D eigenvalue weighted by atomic mass is 16.2. The average molecular weight is 362 g/mol. The molecule has 1 N–H and O–H groups in total. The molecular weight excluding hydrogens is 336 g/mol. The lowest BCUT2D eigenvalue weighted by atomic mass is 9.78. The van der Waals surface area contributed by atoms with Crippen LogP contribution in [-0.2, 0) is 4.79 Å². The summed E-state index contributed by atoms with van der Waals surface area (Å²) in [5, 5.41) is 3.09. The molecule has 1 aliphatic heterocycles. The van der Waals surface area contributed by atoms with E-state index in [0.717, 1.165) is 29.5 Å². The summed E-state index contributed by atoms with van der Waals surface area (Å²) in [4.78, 5) is 28.6. The van der Waals surface area contributed by atoms with Gasteiger partial charge in [-0.25, -0.2) is 0 Å². The molecule has 0 saturated heterocycles. The summed E-state index contributed by atoms with van der Waals surface area (Å²) in [6, 6.07) is 15.8. The Bertz CT molecular complexity index is 885. The molecule has 1 saturated carbocycles. The third-order valence-corrected chi connectivity index (χ3v) is 5.41. The van der Waals surface area contributed by atoms with E-state index >= 15 is 0 Å². The number of nitrogens with zero attached hydrogens (tertiary/aromatic N) is 1. The lowest BCUT2D eigenvalue weighted by Crippen LogP contribution is -2.49. The maximum Gasteiger partial charge on any atom is 0.254 e. The van der Waals surface area contributed by atoms with Crippen LogP contribution in [0.15, 0.2) is 48.5 Å². The van der Waals surface area contributed by atoms with E-state index < -0.39 is 5.92 Å². The predicted molar refractivity (Wildman–Crippen MR) is 106 cm³/mol. The van der Waals surface area contributed by atoms with Gasteiger partial charge < -0.3 is 10.2 Å². The Morgan fingerprint density at radius 1 is 1.11 bits per heavy atom. The number of carbonyl (C=O) groups is 2. The van der Waals surface area contributed by atoms with Gasteiger partial charge >= 0.3 is 0 Å². The number of nitrogens with one attached hydrogen (secondary N) is 1. The van der Waals surface area contributed by atoms with Crippen LogP contribution in [0.3, 0.4) is 0 Å². The quantitative estimate of drug-likeness (QED) is 0.895. The van der Waals surface area contributed by atoms with Crippen molar-refractivity contribution < 1.29 is 9.59 Å². The Morgan fingerprint density at radius 2 is 1.85 bits per heavy atom. The van der Waals surface area contributed by atoms with E-state index in [-0.39, 0.29) is 29.9 Å². The zero-order valence-electron chi connectivity index (χ0n) is 16.1. The topological polar surface area (TPSA) is 49.4 Å². The van der Waals surface area contributed by atoms with Gasteiger partial charge in [-0.2, -0.15) is 0 Å². The number of benzene rings is 2. The van der Waals surface area contributed by atoms with Crippen molar-refractivity contribution in [1.82, 2.24) is 10.2 Å². The Labute approximate surface area is 160 Å². The minimum atomic E-state index is -0.399. The van der Waals surface area contributed by atoms with Crippen LogP contribution in [-0.4, -0.2) is 28.8 Å². The van der Waals surface area contributed by atoms with Crippen LogP contribution in [0, 0.1) is 6.92 Å². The zero-order valence-corrected chi connectivity index (χ0v) is 16.1. The molecule has 1 fully saturated rings. The Morgan fingerprint density at radius 3 is 2.52 bits per heavy atom. The predicted octanol–water partition coefficient (Wildman–Crippen LogP) is 3.96. The Balaban J connectivity index is 1.90. The number of hydrogen-bond acceptors (Lipinski definition) is 2. The van der Waals surface area contributed by atoms with Gasteiger partial charge in [0.25, 0.3) is 5.91 Å². The maximum absolute atomic E-state index is 13.4. The summed E-state index contributed by atoms with van der Waals surface area (Å²) in [5.74, 6) is -0.362. The highest BCUT2D eigenvalue weighted by Gasteiger charge is 2.49. The fourth-order valence-corrected chi connectivity index (χ4v) is 4.17. The molecule has 140 valence electrons. The molecule has 0 spiro atoms. The van der Waals surface area contributed by atoms with Gasteiger partial charge in [-0.3, -0.25) is 9.59 Å². The van der Waals surface area contributed by atoms with Gasteiger partial charge in [0.1, 0.15) is 0 Å². The van der Waals surface area contributed by atoms with Crippen molar-refractivity contribution in [1.29, 1.82) is 0 Å². The van der Waals surface area contributed by atoms with Crippen molar-refractivity contribution >= 4 is 11.8 Å². The van der Waals surface area contributed by atoms with Gasteiger partial charge in [-0.05, 0) is 50.8 Å². The summed E-state index contributed by atoms with van der Waals surface area (Å²) in [6.45, 7) is 5.99.